The molecule has 108 valence electrons. The van der Waals surface area contributed by atoms with E-state index >= 15 is 0 Å². The van der Waals surface area contributed by atoms with E-state index in [0.29, 0.717) is 4.88 Å². The van der Waals surface area contributed by atoms with Crippen LogP contribution in [-0.4, -0.2) is 41.7 Å². The molecule has 0 saturated heterocycles. The Hall–Kier alpha value is -1.54. The van der Waals surface area contributed by atoms with Crippen molar-refractivity contribution in [2.24, 2.45) is 0 Å². The highest BCUT2D eigenvalue weighted by Gasteiger charge is 2.17. The molecule has 1 aliphatic heterocycles. The summed E-state index contributed by atoms with van der Waals surface area (Å²) in [5.41, 5.74) is 1.20. The van der Waals surface area contributed by atoms with Crippen molar-refractivity contribution >= 4 is 40.9 Å². The molecule has 0 saturated carbocycles. The number of rotatable bonds is 5. The van der Waals surface area contributed by atoms with Crippen molar-refractivity contribution in [2.45, 2.75) is 12.2 Å². The molecule has 2 rings (SSSR count). The quantitative estimate of drug-likeness (QED) is 0.734. The van der Waals surface area contributed by atoms with Crippen LogP contribution in [0.1, 0.15) is 20.1 Å². The predicted octanol–water partition coefficient (Wildman–Crippen LogP) is 0.468. The van der Waals surface area contributed by atoms with Crippen molar-refractivity contribution in [2.75, 3.05) is 18.8 Å². The number of aliphatic carboxylic acids is 1. The zero-order chi connectivity index (χ0) is 14.5. The smallest absolute Gasteiger partial charge is 0.322 e. The fraction of sp³-hybridized carbons (Fsp3) is 0.417. The number of thiophene rings is 1. The SMILES string of the molecule is O=C(O)CNC(=O)CNC(=O)c1cc2c(s1)CCSC2. The van der Waals surface area contributed by atoms with Crippen molar-refractivity contribution < 1.29 is 19.5 Å². The third-order valence-corrected chi connectivity index (χ3v) is 4.94. The summed E-state index contributed by atoms with van der Waals surface area (Å²) in [5.74, 6) is 0.0790. The van der Waals surface area contributed by atoms with E-state index < -0.39 is 18.4 Å². The van der Waals surface area contributed by atoms with Gasteiger partial charge in [-0.3, -0.25) is 14.4 Å². The lowest BCUT2D eigenvalue weighted by molar-refractivity contribution is -0.137. The second-order valence-electron chi connectivity index (χ2n) is 4.21. The lowest BCUT2D eigenvalue weighted by Gasteiger charge is -2.08. The Balaban J connectivity index is 1.84. The molecule has 0 radical (unpaired) electrons. The molecule has 0 bridgehead atoms. The second kappa shape index (κ2) is 6.76. The van der Waals surface area contributed by atoms with Crippen molar-refractivity contribution in [3.8, 4) is 0 Å². The van der Waals surface area contributed by atoms with Crippen LogP contribution in [0.2, 0.25) is 0 Å². The van der Waals surface area contributed by atoms with Crippen LogP contribution in [0.25, 0.3) is 0 Å². The summed E-state index contributed by atoms with van der Waals surface area (Å²) < 4.78 is 0. The second-order valence-corrected chi connectivity index (χ2v) is 6.46. The molecule has 6 nitrogen and oxygen atoms in total. The minimum atomic E-state index is -1.12. The van der Waals surface area contributed by atoms with E-state index in [9.17, 15) is 14.4 Å². The van der Waals surface area contributed by atoms with E-state index in [2.05, 4.69) is 10.6 Å². The first-order valence-corrected chi connectivity index (χ1v) is 7.99. The number of carboxylic acid groups (broad SMARTS) is 1. The van der Waals surface area contributed by atoms with Gasteiger partial charge in [-0.25, -0.2) is 0 Å². The fourth-order valence-electron chi connectivity index (χ4n) is 1.74. The zero-order valence-corrected chi connectivity index (χ0v) is 12.2. The summed E-state index contributed by atoms with van der Waals surface area (Å²) in [6.07, 6.45) is 0.983. The number of carboxylic acids is 1. The minimum absolute atomic E-state index is 0.219. The fourth-order valence-corrected chi connectivity index (χ4v) is 4.03. The molecule has 1 aromatic heterocycles. The Kier molecular flexibility index (Phi) is 5.02. The monoisotopic (exact) mass is 314 g/mol. The third-order valence-electron chi connectivity index (χ3n) is 2.70. The molecular weight excluding hydrogens is 300 g/mol. The van der Waals surface area contributed by atoms with E-state index in [-0.39, 0.29) is 12.5 Å². The molecule has 3 N–H and O–H groups in total. The Morgan fingerprint density at radius 3 is 2.75 bits per heavy atom. The number of carbonyl (C=O) groups is 3. The average molecular weight is 314 g/mol. The zero-order valence-electron chi connectivity index (χ0n) is 10.6. The van der Waals surface area contributed by atoms with Gasteiger partial charge in [0.25, 0.3) is 5.91 Å². The molecule has 1 aromatic rings. The molecular formula is C12H14N2O4S2. The first-order chi connectivity index (χ1) is 9.56. The number of carbonyl (C=O) groups excluding carboxylic acids is 2. The Morgan fingerprint density at radius 2 is 2.05 bits per heavy atom. The molecule has 2 heterocycles. The Bertz CT molecular complexity index is 518. The molecule has 0 aromatic carbocycles. The maximum absolute atomic E-state index is 11.9. The molecule has 0 spiro atoms. The molecule has 0 atom stereocenters. The number of fused-ring (bicyclic) bond motifs is 1. The number of amides is 2. The maximum atomic E-state index is 11.9. The van der Waals surface area contributed by atoms with Crippen molar-refractivity contribution in [3.63, 3.8) is 0 Å². The van der Waals surface area contributed by atoms with E-state index in [1.54, 1.807) is 0 Å². The lowest BCUT2D eigenvalue weighted by atomic mass is 10.2. The van der Waals surface area contributed by atoms with Gasteiger partial charge in [-0.05, 0) is 23.8 Å². The van der Waals surface area contributed by atoms with Gasteiger partial charge in [0.1, 0.15) is 6.54 Å². The topological polar surface area (TPSA) is 95.5 Å². The first kappa shape index (κ1) is 14.9. The maximum Gasteiger partial charge on any atom is 0.322 e. The van der Waals surface area contributed by atoms with Gasteiger partial charge >= 0.3 is 5.97 Å². The molecule has 0 unspecified atom stereocenters. The van der Waals surface area contributed by atoms with Gasteiger partial charge in [-0.15, -0.1) is 11.3 Å². The Morgan fingerprint density at radius 1 is 1.25 bits per heavy atom. The molecule has 20 heavy (non-hydrogen) atoms. The number of thioether (sulfide) groups is 1. The average Bonchev–Trinajstić information content (AvgIpc) is 2.86. The van der Waals surface area contributed by atoms with Crippen molar-refractivity contribution in [1.82, 2.24) is 10.6 Å². The van der Waals surface area contributed by atoms with Gasteiger partial charge < -0.3 is 15.7 Å². The van der Waals surface area contributed by atoms with Crippen LogP contribution in [-0.2, 0) is 21.8 Å². The van der Waals surface area contributed by atoms with E-state index in [4.69, 9.17) is 5.11 Å². The summed E-state index contributed by atoms with van der Waals surface area (Å²) in [5, 5.41) is 13.1. The lowest BCUT2D eigenvalue weighted by Crippen LogP contribution is -2.38. The van der Waals surface area contributed by atoms with Gasteiger partial charge in [0.05, 0.1) is 11.4 Å². The molecule has 0 aliphatic carbocycles. The third kappa shape index (κ3) is 3.97. The molecule has 1 aliphatic rings. The van der Waals surface area contributed by atoms with E-state index in [1.807, 2.05) is 17.8 Å². The van der Waals surface area contributed by atoms with Crippen molar-refractivity contribution in [3.05, 3.63) is 21.4 Å². The first-order valence-electron chi connectivity index (χ1n) is 6.02. The highest BCUT2D eigenvalue weighted by molar-refractivity contribution is 7.98. The summed E-state index contributed by atoms with van der Waals surface area (Å²) in [6, 6.07) is 1.87. The van der Waals surface area contributed by atoms with Gasteiger partial charge in [-0.2, -0.15) is 11.8 Å². The van der Waals surface area contributed by atoms with Gasteiger partial charge in [0.2, 0.25) is 5.91 Å². The number of nitrogens with one attached hydrogen (secondary N) is 2. The molecule has 8 heteroatoms. The Labute approximate surface area is 123 Å². The molecule has 2 amide bonds. The van der Waals surface area contributed by atoms with E-state index in [0.717, 1.165) is 17.9 Å². The summed E-state index contributed by atoms with van der Waals surface area (Å²) in [7, 11) is 0. The summed E-state index contributed by atoms with van der Waals surface area (Å²) in [6.45, 7) is -0.664. The van der Waals surface area contributed by atoms with Gasteiger partial charge in [0.15, 0.2) is 0 Å². The van der Waals surface area contributed by atoms with Crippen LogP contribution in [0.5, 0.6) is 0 Å². The van der Waals surface area contributed by atoms with Gasteiger partial charge in [-0.1, -0.05) is 0 Å². The van der Waals surface area contributed by atoms with Crippen LogP contribution < -0.4 is 10.6 Å². The highest BCUT2D eigenvalue weighted by Crippen LogP contribution is 2.31. The van der Waals surface area contributed by atoms with E-state index in [1.165, 1.54) is 21.8 Å². The number of hydrogen-bond acceptors (Lipinski definition) is 5. The standard InChI is InChI=1S/C12H14N2O4S2/c15-10(13-5-11(16)17)4-14-12(18)9-3-7-6-19-2-1-8(7)20-9/h3H,1-2,4-6H2,(H,13,15)(H,14,18)(H,16,17). The minimum Gasteiger partial charge on any atom is -0.480 e. The number of aryl methyl sites for hydroxylation is 1. The summed E-state index contributed by atoms with van der Waals surface area (Å²) in [4.78, 5) is 35.3. The number of hydrogen-bond donors (Lipinski definition) is 3. The molecule has 0 fully saturated rings. The van der Waals surface area contributed by atoms with Gasteiger partial charge in [0, 0.05) is 10.6 Å². The van der Waals surface area contributed by atoms with Crippen LogP contribution in [0.3, 0.4) is 0 Å². The predicted molar refractivity (Wildman–Crippen MR) is 77.2 cm³/mol. The van der Waals surface area contributed by atoms with Crippen LogP contribution in [0.15, 0.2) is 6.07 Å². The van der Waals surface area contributed by atoms with Crippen LogP contribution in [0, 0.1) is 0 Å². The summed E-state index contributed by atoms with van der Waals surface area (Å²) >= 11 is 3.31. The largest absolute Gasteiger partial charge is 0.480 e. The highest BCUT2D eigenvalue weighted by atomic mass is 32.2. The van der Waals surface area contributed by atoms with Crippen LogP contribution >= 0.6 is 23.1 Å². The van der Waals surface area contributed by atoms with Crippen molar-refractivity contribution in [1.29, 1.82) is 0 Å². The van der Waals surface area contributed by atoms with Crippen LogP contribution in [0.4, 0.5) is 0 Å². The normalized spacial score (nSPS) is 13.4.